The van der Waals surface area contributed by atoms with Crippen molar-refractivity contribution in [3.8, 4) is 0 Å². The van der Waals surface area contributed by atoms with Crippen LogP contribution in [0, 0.1) is 5.82 Å². The van der Waals surface area contributed by atoms with Gasteiger partial charge in [-0.1, -0.05) is 17.7 Å². The number of hydrogen-bond acceptors (Lipinski definition) is 5. The van der Waals surface area contributed by atoms with Crippen LogP contribution in [0.1, 0.15) is 11.1 Å². The molecule has 26 heavy (non-hydrogen) atoms. The normalized spacial score (nSPS) is 11.0. The van der Waals surface area contributed by atoms with Gasteiger partial charge in [0.05, 0.1) is 0 Å². The number of rotatable bonds is 4. The predicted molar refractivity (Wildman–Crippen MR) is 100 cm³/mol. The summed E-state index contributed by atoms with van der Waals surface area (Å²) < 4.78 is 14.6. The molecule has 8 heteroatoms. The van der Waals surface area contributed by atoms with Crippen LogP contribution < -0.4 is 11.1 Å². The van der Waals surface area contributed by atoms with E-state index in [1.807, 2.05) is 18.3 Å². The molecule has 0 amide bonds. The molecule has 3 heterocycles. The number of H-pyrrole nitrogens is 1. The number of pyridine rings is 1. The maximum absolute atomic E-state index is 14.6. The van der Waals surface area contributed by atoms with Gasteiger partial charge in [0.15, 0.2) is 0 Å². The van der Waals surface area contributed by atoms with Crippen LogP contribution in [0.5, 0.6) is 0 Å². The lowest BCUT2D eigenvalue weighted by molar-refractivity contribution is 0.615. The highest BCUT2D eigenvalue weighted by atomic mass is 35.5. The van der Waals surface area contributed by atoms with E-state index in [1.54, 1.807) is 18.3 Å². The van der Waals surface area contributed by atoms with E-state index in [0.717, 1.165) is 16.6 Å². The van der Waals surface area contributed by atoms with Gasteiger partial charge in [0.1, 0.15) is 22.4 Å². The topological polar surface area (TPSA) is 92.5 Å². The lowest BCUT2D eigenvalue weighted by atomic mass is 10.0. The Kier molecular flexibility index (Phi) is 4.14. The van der Waals surface area contributed by atoms with Gasteiger partial charge in [-0.05, 0) is 35.4 Å². The summed E-state index contributed by atoms with van der Waals surface area (Å²) in [5, 5.41) is 4.17. The Bertz CT molecular complexity index is 1070. The van der Waals surface area contributed by atoms with Crippen LogP contribution >= 0.6 is 11.6 Å². The average molecular weight is 369 g/mol. The van der Waals surface area contributed by atoms with E-state index in [9.17, 15) is 4.39 Å². The third-order valence-electron chi connectivity index (χ3n) is 3.97. The average Bonchev–Trinajstić information content (AvgIpc) is 3.06. The van der Waals surface area contributed by atoms with Crippen molar-refractivity contribution >= 4 is 40.1 Å². The SMILES string of the molecule is Nc1nc(Cl)cc(Nc2ccc(Cc3ccnc4[nH]ccc34)c(F)c2)n1. The Morgan fingerprint density at radius 1 is 1.12 bits per heavy atom. The third-order valence-corrected chi connectivity index (χ3v) is 4.16. The first-order valence-corrected chi connectivity index (χ1v) is 8.23. The van der Waals surface area contributed by atoms with Crippen LogP contribution in [-0.4, -0.2) is 19.9 Å². The highest BCUT2D eigenvalue weighted by Crippen LogP contribution is 2.24. The number of halogens is 2. The Morgan fingerprint density at radius 2 is 2.00 bits per heavy atom. The fraction of sp³-hybridized carbons (Fsp3) is 0.0556. The fourth-order valence-corrected chi connectivity index (χ4v) is 2.98. The van der Waals surface area contributed by atoms with Crippen LogP contribution in [-0.2, 0) is 6.42 Å². The zero-order valence-electron chi connectivity index (χ0n) is 13.5. The molecule has 0 unspecified atom stereocenters. The number of nitrogens with one attached hydrogen (secondary N) is 2. The molecular weight excluding hydrogens is 355 g/mol. The summed E-state index contributed by atoms with van der Waals surface area (Å²) in [4.78, 5) is 15.1. The number of aromatic nitrogens is 4. The minimum Gasteiger partial charge on any atom is -0.368 e. The van der Waals surface area contributed by atoms with Crippen LogP contribution in [0.25, 0.3) is 11.0 Å². The van der Waals surface area contributed by atoms with Crippen LogP contribution in [0.3, 0.4) is 0 Å². The number of anilines is 3. The zero-order valence-corrected chi connectivity index (χ0v) is 14.3. The van der Waals surface area contributed by atoms with E-state index in [1.165, 1.54) is 12.1 Å². The van der Waals surface area contributed by atoms with Crippen molar-refractivity contribution in [2.45, 2.75) is 6.42 Å². The number of aromatic amines is 1. The van der Waals surface area contributed by atoms with Gasteiger partial charge in [0, 0.05) is 36.0 Å². The number of benzene rings is 1. The molecule has 1 aromatic carbocycles. The quantitative estimate of drug-likeness (QED) is 0.472. The molecule has 6 nitrogen and oxygen atoms in total. The Balaban J connectivity index is 1.59. The smallest absolute Gasteiger partial charge is 0.223 e. The zero-order chi connectivity index (χ0) is 18.1. The summed E-state index contributed by atoms with van der Waals surface area (Å²) in [5.74, 6) is 0.131. The van der Waals surface area contributed by atoms with Gasteiger partial charge >= 0.3 is 0 Å². The van der Waals surface area contributed by atoms with E-state index >= 15 is 0 Å². The lowest BCUT2D eigenvalue weighted by Crippen LogP contribution is -2.01. The highest BCUT2D eigenvalue weighted by Gasteiger charge is 2.09. The second-order valence-electron chi connectivity index (χ2n) is 5.75. The molecule has 4 rings (SSSR count). The minimum atomic E-state index is -0.316. The second kappa shape index (κ2) is 6.61. The minimum absolute atomic E-state index is 0.0466. The summed E-state index contributed by atoms with van der Waals surface area (Å²) in [6.45, 7) is 0. The summed E-state index contributed by atoms with van der Waals surface area (Å²) in [6, 6.07) is 10.3. The number of nitrogens with two attached hydrogens (primary N) is 1. The Morgan fingerprint density at radius 3 is 2.81 bits per heavy atom. The van der Waals surface area contributed by atoms with Gasteiger partial charge in [-0.3, -0.25) is 0 Å². The molecule has 0 aliphatic carbocycles. The molecule has 0 bridgehead atoms. The van der Waals surface area contributed by atoms with Gasteiger partial charge in [-0.25, -0.2) is 14.4 Å². The second-order valence-corrected chi connectivity index (χ2v) is 6.14. The van der Waals surface area contributed by atoms with Gasteiger partial charge < -0.3 is 16.0 Å². The van der Waals surface area contributed by atoms with Crippen molar-refractivity contribution in [2.24, 2.45) is 0 Å². The first kappa shape index (κ1) is 16.3. The lowest BCUT2D eigenvalue weighted by Gasteiger charge is -2.09. The monoisotopic (exact) mass is 368 g/mol. The van der Waals surface area contributed by atoms with Crippen LogP contribution in [0.4, 0.5) is 21.8 Å². The number of fused-ring (bicyclic) bond motifs is 1. The van der Waals surface area contributed by atoms with E-state index in [4.69, 9.17) is 17.3 Å². The first-order valence-electron chi connectivity index (χ1n) is 7.85. The Hall–Kier alpha value is -3.19. The van der Waals surface area contributed by atoms with Crippen LogP contribution in [0.2, 0.25) is 5.15 Å². The molecule has 130 valence electrons. The number of hydrogen-bond donors (Lipinski definition) is 3. The number of nitrogens with zero attached hydrogens (tertiary/aromatic N) is 3. The van der Waals surface area contributed by atoms with Gasteiger partial charge in [0.2, 0.25) is 5.95 Å². The highest BCUT2D eigenvalue weighted by molar-refractivity contribution is 6.29. The van der Waals surface area contributed by atoms with Crippen molar-refractivity contribution in [3.63, 3.8) is 0 Å². The molecule has 0 fully saturated rings. The first-order chi connectivity index (χ1) is 12.6. The molecule has 0 spiro atoms. The molecular formula is C18H14ClFN6. The maximum Gasteiger partial charge on any atom is 0.223 e. The number of nitrogen functional groups attached to an aromatic ring is 1. The van der Waals surface area contributed by atoms with Crippen molar-refractivity contribution in [3.05, 3.63) is 70.9 Å². The van der Waals surface area contributed by atoms with Crippen molar-refractivity contribution in [1.29, 1.82) is 0 Å². The molecule has 0 radical (unpaired) electrons. The molecule has 4 N–H and O–H groups in total. The van der Waals surface area contributed by atoms with E-state index < -0.39 is 0 Å². The van der Waals surface area contributed by atoms with E-state index in [0.29, 0.717) is 23.5 Å². The largest absolute Gasteiger partial charge is 0.368 e. The fourth-order valence-electron chi connectivity index (χ4n) is 2.79. The Labute approximate surface area is 153 Å². The molecule has 0 aliphatic heterocycles. The maximum atomic E-state index is 14.6. The molecule has 0 saturated heterocycles. The van der Waals surface area contributed by atoms with Crippen molar-refractivity contribution in [1.82, 2.24) is 19.9 Å². The summed E-state index contributed by atoms with van der Waals surface area (Å²) >= 11 is 5.85. The van der Waals surface area contributed by atoms with Crippen molar-refractivity contribution < 1.29 is 4.39 Å². The van der Waals surface area contributed by atoms with Gasteiger partial charge in [0.25, 0.3) is 0 Å². The molecule has 0 atom stereocenters. The van der Waals surface area contributed by atoms with E-state index in [-0.39, 0.29) is 16.9 Å². The molecule has 3 aromatic heterocycles. The van der Waals surface area contributed by atoms with Gasteiger partial charge in [-0.2, -0.15) is 4.98 Å². The summed E-state index contributed by atoms with van der Waals surface area (Å²) in [5.41, 5.74) is 8.49. The van der Waals surface area contributed by atoms with Crippen LogP contribution in [0.15, 0.2) is 48.8 Å². The third kappa shape index (κ3) is 3.29. The molecule has 4 aromatic rings. The summed E-state index contributed by atoms with van der Waals surface area (Å²) in [7, 11) is 0. The molecule has 0 saturated carbocycles. The summed E-state index contributed by atoms with van der Waals surface area (Å²) in [6.07, 6.45) is 4.00. The predicted octanol–water partition coefficient (Wildman–Crippen LogP) is 4.06. The standard InChI is InChI=1S/C18H14ClFN6/c19-15-9-16(26-18(21)25-15)24-12-2-1-11(14(20)8-12)7-10-3-5-22-17-13(10)4-6-23-17/h1-6,8-9H,7H2,(H,22,23)(H3,21,24,25,26). The van der Waals surface area contributed by atoms with Gasteiger partial charge in [-0.15, -0.1) is 0 Å². The van der Waals surface area contributed by atoms with Crippen molar-refractivity contribution in [2.75, 3.05) is 11.1 Å². The van der Waals surface area contributed by atoms with E-state index in [2.05, 4.69) is 25.3 Å². The molecule has 0 aliphatic rings.